The molecule has 0 amide bonds. The SMILES string of the molecule is CCOC1CCN(CCCC2CCCN2)CC1. The summed E-state index contributed by atoms with van der Waals surface area (Å²) in [5.74, 6) is 0. The van der Waals surface area contributed by atoms with E-state index in [1.54, 1.807) is 0 Å². The lowest BCUT2D eigenvalue weighted by Crippen LogP contribution is -2.38. The summed E-state index contributed by atoms with van der Waals surface area (Å²) >= 11 is 0. The summed E-state index contributed by atoms with van der Waals surface area (Å²) in [6, 6.07) is 0.816. The van der Waals surface area contributed by atoms with Gasteiger partial charge in [0.1, 0.15) is 0 Å². The van der Waals surface area contributed by atoms with Crippen LogP contribution in [0.25, 0.3) is 0 Å². The molecule has 2 heterocycles. The Labute approximate surface area is 106 Å². The fraction of sp³-hybridized carbons (Fsp3) is 1.00. The molecule has 1 atom stereocenters. The van der Waals surface area contributed by atoms with Crippen molar-refractivity contribution < 1.29 is 4.74 Å². The largest absolute Gasteiger partial charge is 0.378 e. The van der Waals surface area contributed by atoms with Crippen LogP contribution in [0.15, 0.2) is 0 Å². The molecule has 3 nitrogen and oxygen atoms in total. The quantitative estimate of drug-likeness (QED) is 0.769. The predicted octanol–water partition coefficient (Wildman–Crippen LogP) is 2.02. The molecule has 2 fully saturated rings. The van der Waals surface area contributed by atoms with E-state index in [9.17, 15) is 0 Å². The highest BCUT2D eigenvalue weighted by molar-refractivity contribution is 4.76. The molecular weight excluding hydrogens is 212 g/mol. The second-order valence-electron chi connectivity index (χ2n) is 5.43. The van der Waals surface area contributed by atoms with Gasteiger partial charge >= 0.3 is 0 Å². The third kappa shape index (κ3) is 4.57. The van der Waals surface area contributed by atoms with Crippen LogP contribution < -0.4 is 5.32 Å². The summed E-state index contributed by atoms with van der Waals surface area (Å²) < 4.78 is 5.68. The van der Waals surface area contributed by atoms with E-state index in [1.165, 1.54) is 64.7 Å². The molecule has 1 unspecified atom stereocenters. The van der Waals surface area contributed by atoms with Crippen LogP contribution in [0.2, 0.25) is 0 Å². The molecule has 2 aliphatic rings. The van der Waals surface area contributed by atoms with Gasteiger partial charge in [-0.2, -0.15) is 0 Å². The minimum absolute atomic E-state index is 0.535. The van der Waals surface area contributed by atoms with Crippen molar-refractivity contribution in [2.24, 2.45) is 0 Å². The van der Waals surface area contributed by atoms with Gasteiger partial charge in [0, 0.05) is 25.7 Å². The standard InChI is InChI=1S/C14H28N2O/c1-2-17-14-7-11-16(12-8-14)10-4-6-13-5-3-9-15-13/h13-15H,2-12H2,1H3. The first-order valence-corrected chi connectivity index (χ1v) is 7.46. The normalized spacial score (nSPS) is 27.7. The Morgan fingerprint density at radius 3 is 2.71 bits per heavy atom. The van der Waals surface area contributed by atoms with E-state index in [-0.39, 0.29) is 0 Å². The molecule has 3 heteroatoms. The Balaban J connectivity index is 1.52. The number of hydrogen-bond acceptors (Lipinski definition) is 3. The van der Waals surface area contributed by atoms with Gasteiger partial charge in [-0.15, -0.1) is 0 Å². The van der Waals surface area contributed by atoms with E-state index in [4.69, 9.17) is 4.74 Å². The zero-order valence-corrected chi connectivity index (χ0v) is 11.3. The molecule has 0 aromatic heterocycles. The smallest absolute Gasteiger partial charge is 0.0599 e. The molecule has 0 bridgehead atoms. The number of piperidine rings is 1. The van der Waals surface area contributed by atoms with Gasteiger partial charge in [0.2, 0.25) is 0 Å². The maximum atomic E-state index is 5.68. The Kier molecular flexibility index (Phi) is 5.75. The molecule has 1 N–H and O–H groups in total. The molecule has 2 saturated heterocycles. The number of hydrogen-bond donors (Lipinski definition) is 1. The van der Waals surface area contributed by atoms with Crippen LogP contribution in [0, 0.1) is 0 Å². The number of likely N-dealkylation sites (tertiary alicyclic amines) is 1. The van der Waals surface area contributed by atoms with Crippen molar-refractivity contribution in [3.05, 3.63) is 0 Å². The van der Waals surface area contributed by atoms with Gasteiger partial charge in [0.05, 0.1) is 6.10 Å². The number of ether oxygens (including phenoxy) is 1. The third-order valence-electron chi connectivity index (χ3n) is 4.13. The van der Waals surface area contributed by atoms with Gasteiger partial charge in [-0.3, -0.25) is 0 Å². The van der Waals surface area contributed by atoms with Gasteiger partial charge in [0.25, 0.3) is 0 Å². The van der Waals surface area contributed by atoms with E-state index in [2.05, 4.69) is 17.1 Å². The lowest BCUT2D eigenvalue weighted by molar-refractivity contribution is 0.0139. The first-order valence-electron chi connectivity index (χ1n) is 7.46. The van der Waals surface area contributed by atoms with Crippen LogP contribution in [-0.4, -0.2) is 49.8 Å². The van der Waals surface area contributed by atoms with E-state index < -0.39 is 0 Å². The molecule has 0 radical (unpaired) electrons. The van der Waals surface area contributed by atoms with Crippen molar-refractivity contribution in [3.8, 4) is 0 Å². The van der Waals surface area contributed by atoms with E-state index in [0.717, 1.165) is 12.6 Å². The summed E-state index contributed by atoms with van der Waals surface area (Å²) in [5.41, 5.74) is 0. The van der Waals surface area contributed by atoms with Gasteiger partial charge in [-0.05, 0) is 58.5 Å². The molecule has 100 valence electrons. The van der Waals surface area contributed by atoms with Crippen LogP contribution in [0.4, 0.5) is 0 Å². The number of nitrogens with zero attached hydrogens (tertiary/aromatic N) is 1. The van der Waals surface area contributed by atoms with Gasteiger partial charge in [-0.25, -0.2) is 0 Å². The van der Waals surface area contributed by atoms with Gasteiger partial charge < -0.3 is 15.0 Å². The molecule has 2 aliphatic heterocycles. The molecule has 0 spiro atoms. The summed E-state index contributed by atoms with van der Waals surface area (Å²) in [6.07, 6.45) is 8.50. The number of nitrogens with one attached hydrogen (secondary N) is 1. The molecule has 0 saturated carbocycles. The van der Waals surface area contributed by atoms with Gasteiger partial charge in [-0.1, -0.05) is 0 Å². The fourth-order valence-corrected chi connectivity index (χ4v) is 3.10. The minimum Gasteiger partial charge on any atom is -0.378 e. The summed E-state index contributed by atoms with van der Waals surface area (Å²) in [7, 11) is 0. The molecule has 0 aromatic carbocycles. The molecular formula is C14H28N2O. The molecule has 0 aliphatic carbocycles. The highest BCUT2D eigenvalue weighted by atomic mass is 16.5. The van der Waals surface area contributed by atoms with Crippen molar-refractivity contribution in [1.29, 1.82) is 0 Å². The van der Waals surface area contributed by atoms with E-state index in [1.807, 2.05) is 0 Å². The Morgan fingerprint density at radius 2 is 2.06 bits per heavy atom. The first-order chi connectivity index (χ1) is 8.38. The third-order valence-corrected chi connectivity index (χ3v) is 4.13. The summed E-state index contributed by atoms with van der Waals surface area (Å²) in [5, 5.41) is 3.58. The first kappa shape index (κ1) is 13.3. The summed E-state index contributed by atoms with van der Waals surface area (Å²) in [4.78, 5) is 2.62. The maximum absolute atomic E-state index is 5.68. The maximum Gasteiger partial charge on any atom is 0.0599 e. The van der Waals surface area contributed by atoms with Crippen LogP contribution in [-0.2, 0) is 4.74 Å². The zero-order chi connectivity index (χ0) is 11.9. The lowest BCUT2D eigenvalue weighted by atomic mass is 10.1. The second-order valence-corrected chi connectivity index (χ2v) is 5.43. The average molecular weight is 240 g/mol. The highest BCUT2D eigenvalue weighted by Crippen LogP contribution is 2.15. The van der Waals surface area contributed by atoms with Crippen molar-refractivity contribution in [2.45, 2.75) is 57.6 Å². The average Bonchev–Trinajstić information content (AvgIpc) is 2.85. The second kappa shape index (κ2) is 7.34. The highest BCUT2D eigenvalue weighted by Gasteiger charge is 2.19. The van der Waals surface area contributed by atoms with Crippen LogP contribution >= 0.6 is 0 Å². The van der Waals surface area contributed by atoms with Crippen molar-refractivity contribution in [2.75, 3.05) is 32.8 Å². The Morgan fingerprint density at radius 1 is 1.24 bits per heavy atom. The minimum atomic E-state index is 0.535. The lowest BCUT2D eigenvalue weighted by Gasteiger charge is -2.31. The summed E-state index contributed by atoms with van der Waals surface area (Å²) in [6.45, 7) is 7.98. The predicted molar refractivity (Wildman–Crippen MR) is 71.3 cm³/mol. The zero-order valence-electron chi connectivity index (χ0n) is 11.3. The monoisotopic (exact) mass is 240 g/mol. The molecule has 17 heavy (non-hydrogen) atoms. The molecule has 0 aromatic rings. The van der Waals surface area contributed by atoms with E-state index in [0.29, 0.717) is 6.10 Å². The van der Waals surface area contributed by atoms with Gasteiger partial charge in [0.15, 0.2) is 0 Å². The van der Waals surface area contributed by atoms with Crippen LogP contribution in [0.5, 0.6) is 0 Å². The topological polar surface area (TPSA) is 24.5 Å². The van der Waals surface area contributed by atoms with Crippen molar-refractivity contribution in [1.82, 2.24) is 10.2 Å². The van der Waals surface area contributed by atoms with E-state index >= 15 is 0 Å². The van der Waals surface area contributed by atoms with Crippen LogP contribution in [0.3, 0.4) is 0 Å². The van der Waals surface area contributed by atoms with Crippen LogP contribution in [0.1, 0.15) is 45.4 Å². The fourth-order valence-electron chi connectivity index (χ4n) is 3.10. The van der Waals surface area contributed by atoms with Crippen molar-refractivity contribution >= 4 is 0 Å². The number of rotatable bonds is 6. The molecule has 2 rings (SSSR count). The Hall–Kier alpha value is -0.120. The Bertz CT molecular complexity index is 196. The van der Waals surface area contributed by atoms with Crippen molar-refractivity contribution in [3.63, 3.8) is 0 Å².